The Bertz CT molecular complexity index is 340. The number of aliphatic hydroxyl groups is 1. The van der Waals surface area contributed by atoms with Crippen LogP contribution in [0.2, 0.25) is 0 Å². The van der Waals surface area contributed by atoms with Crippen LogP contribution in [0.4, 0.5) is 0 Å². The molecule has 0 saturated heterocycles. The molecule has 1 fully saturated rings. The van der Waals surface area contributed by atoms with E-state index in [4.69, 9.17) is 9.84 Å². The Hall–Kier alpha value is -1.09. The van der Waals surface area contributed by atoms with E-state index in [1.807, 2.05) is 12.1 Å². The quantitative estimate of drug-likeness (QED) is 0.852. The van der Waals surface area contributed by atoms with Crippen LogP contribution in [0.5, 0.6) is 5.88 Å². The molecule has 0 aliphatic heterocycles. The van der Waals surface area contributed by atoms with E-state index in [1.54, 1.807) is 6.07 Å². The molecule has 2 unspecified atom stereocenters. The summed E-state index contributed by atoms with van der Waals surface area (Å²) in [6, 6.07) is 5.54. The molecule has 1 aromatic heterocycles. The van der Waals surface area contributed by atoms with Gasteiger partial charge in [0.1, 0.15) is 6.10 Å². The minimum atomic E-state index is -0.0295. The largest absolute Gasteiger partial charge is 0.474 e. The molecule has 88 valence electrons. The SMILES string of the molecule is CC1CCCC(Oc2cccc(CO)n2)C1. The van der Waals surface area contributed by atoms with Crippen molar-refractivity contribution >= 4 is 0 Å². The minimum Gasteiger partial charge on any atom is -0.474 e. The van der Waals surface area contributed by atoms with E-state index in [0.29, 0.717) is 17.7 Å². The molecule has 0 bridgehead atoms. The molecule has 0 amide bonds. The molecular weight excluding hydrogens is 202 g/mol. The average molecular weight is 221 g/mol. The topological polar surface area (TPSA) is 42.4 Å². The number of hydrogen-bond acceptors (Lipinski definition) is 3. The zero-order chi connectivity index (χ0) is 11.4. The first kappa shape index (κ1) is 11.4. The minimum absolute atomic E-state index is 0.0295. The third-order valence-corrected chi connectivity index (χ3v) is 3.12. The molecule has 0 spiro atoms. The first-order chi connectivity index (χ1) is 7.78. The smallest absolute Gasteiger partial charge is 0.213 e. The third-order valence-electron chi connectivity index (χ3n) is 3.12. The van der Waals surface area contributed by atoms with Crippen LogP contribution in [0, 0.1) is 5.92 Å². The molecule has 0 aromatic carbocycles. The molecule has 2 atom stereocenters. The maximum absolute atomic E-state index is 8.99. The van der Waals surface area contributed by atoms with Crippen LogP contribution in [0.15, 0.2) is 18.2 Å². The van der Waals surface area contributed by atoms with E-state index in [1.165, 1.54) is 12.8 Å². The van der Waals surface area contributed by atoms with Crippen molar-refractivity contribution in [2.45, 2.75) is 45.3 Å². The summed E-state index contributed by atoms with van der Waals surface area (Å²) in [6.07, 6.45) is 5.08. The van der Waals surface area contributed by atoms with Crippen LogP contribution >= 0.6 is 0 Å². The van der Waals surface area contributed by atoms with Gasteiger partial charge in [-0.25, -0.2) is 4.98 Å². The van der Waals surface area contributed by atoms with Gasteiger partial charge in [0.25, 0.3) is 0 Å². The summed E-state index contributed by atoms with van der Waals surface area (Å²) < 4.78 is 5.85. The van der Waals surface area contributed by atoms with E-state index in [-0.39, 0.29) is 6.61 Å². The Morgan fingerprint density at radius 2 is 2.31 bits per heavy atom. The lowest BCUT2D eigenvalue weighted by atomic mass is 9.89. The summed E-state index contributed by atoms with van der Waals surface area (Å²) in [6.45, 7) is 2.24. The van der Waals surface area contributed by atoms with Crippen LogP contribution in [0.3, 0.4) is 0 Å². The maximum Gasteiger partial charge on any atom is 0.213 e. The summed E-state index contributed by atoms with van der Waals surface area (Å²) in [5, 5.41) is 8.99. The van der Waals surface area contributed by atoms with Gasteiger partial charge in [-0.2, -0.15) is 0 Å². The predicted molar refractivity (Wildman–Crippen MR) is 62.2 cm³/mol. The Labute approximate surface area is 96.5 Å². The standard InChI is InChI=1S/C13H19NO2/c1-10-4-2-6-12(8-10)16-13-7-3-5-11(9-15)14-13/h3,5,7,10,12,15H,2,4,6,8-9H2,1H3. The number of pyridine rings is 1. The van der Waals surface area contributed by atoms with Gasteiger partial charge in [0.2, 0.25) is 5.88 Å². The van der Waals surface area contributed by atoms with Crippen LogP contribution in [-0.2, 0) is 6.61 Å². The molecule has 1 aliphatic rings. The second-order valence-electron chi connectivity index (χ2n) is 4.64. The highest BCUT2D eigenvalue weighted by molar-refractivity contribution is 5.15. The van der Waals surface area contributed by atoms with Crippen LogP contribution in [0.25, 0.3) is 0 Å². The van der Waals surface area contributed by atoms with Crippen molar-refractivity contribution in [3.05, 3.63) is 23.9 Å². The van der Waals surface area contributed by atoms with Crippen molar-refractivity contribution in [3.8, 4) is 5.88 Å². The fourth-order valence-corrected chi connectivity index (χ4v) is 2.27. The Morgan fingerprint density at radius 3 is 3.06 bits per heavy atom. The molecule has 1 aliphatic carbocycles. The highest BCUT2D eigenvalue weighted by Crippen LogP contribution is 2.26. The molecule has 1 aromatic rings. The van der Waals surface area contributed by atoms with Gasteiger partial charge in [0.15, 0.2) is 0 Å². The molecule has 1 N–H and O–H groups in total. The first-order valence-electron chi connectivity index (χ1n) is 6.01. The average Bonchev–Trinajstić information content (AvgIpc) is 2.29. The zero-order valence-electron chi connectivity index (χ0n) is 9.72. The van der Waals surface area contributed by atoms with Crippen molar-refractivity contribution in [2.75, 3.05) is 0 Å². The number of aliphatic hydroxyl groups excluding tert-OH is 1. The molecule has 16 heavy (non-hydrogen) atoms. The molecular formula is C13H19NO2. The fraction of sp³-hybridized carbons (Fsp3) is 0.615. The molecule has 0 radical (unpaired) electrons. The Morgan fingerprint density at radius 1 is 1.44 bits per heavy atom. The lowest BCUT2D eigenvalue weighted by Crippen LogP contribution is -2.24. The van der Waals surface area contributed by atoms with Crippen molar-refractivity contribution < 1.29 is 9.84 Å². The number of nitrogens with zero attached hydrogens (tertiary/aromatic N) is 1. The van der Waals surface area contributed by atoms with Crippen LogP contribution in [-0.4, -0.2) is 16.2 Å². The molecule has 1 saturated carbocycles. The van der Waals surface area contributed by atoms with Crippen molar-refractivity contribution in [1.29, 1.82) is 0 Å². The van der Waals surface area contributed by atoms with E-state index >= 15 is 0 Å². The van der Waals surface area contributed by atoms with E-state index in [9.17, 15) is 0 Å². The second-order valence-corrected chi connectivity index (χ2v) is 4.64. The van der Waals surface area contributed by atoms with Gasteiger partial charge < -0.3 is 9.84 Å². The lowest BCUT2D eigenvalue weighted by Gasteiger charge is -2.26. The summed E-state index contributed by atoms with van der Waals surface area (Å²) in [7, 11) is 0. The molecule has 2 rings (SSSR count). The number of hydrogen-bond donors (Lipinski definition) is 1. The van der Waals surface area contributed by atoms with Gasteiger partial charge in [-0.05, 0) is 31.2 Å². The van der Waals surface area contributed by atoms with Crippen molar-refractivity contribution in [1.82, 2.24) is 4.98 Å². The normalized spacial score (nSPS) is 25.4. The summed E-state index contributed by atoms with van der Waals surface area (Å²) >= 11 is 0. The monoisotopic (exact) mass is 221 g/mol. The number of ether oxygens (including phenoxy) is 1. The third kappa shape index (κ3) is 2.95. The van der Waals surface area contributed by atoms with E-state index in [0.717, 1.165) is 18.8 Å². The maximum atomic E-state index is 8.99. The highest BCUT2D eigenvalue weighted by Gasteiger charge is 2.20. The van der Waals surface area contributed by atoms with Gasteiger partial charge in [-0.3, -0.25) is 0 Å². The predicted octanol–water partition coefficient (Wildman–Crippen LogP) is 2.53. The van der Waals surface area contributed by atoms with Crippen LogP contribution < -0.4 is 4.74 Å². The van der Waals surface area contributed by atoms with Gasteiger partial charge in [-0.1, -0.05) is 19.4 Å². The first-order valence-corrected chi connectivity index (χ1v) is 6.01. The van der Waals surface area contributed by atoms with E-state index in [2.05, 4.69) is 11.9 Å². The van der Waals surface area contributed by atoms with Crippen molar-refractivity contribution in [3.63, 3.8) is 0 Å². The molecule has 1 heterocycles. The van der Waals surface area contributed by atoms with Crippen molar-refractivity contribution in [2.24, 2.45) is 5.92 Å². The van der Waals surface area contributed by atoms with Crippen LogP contribution in [0.1, 0.15) is 38.3 Å². The summed E-state index contributed by atoms with van der Waals surface area (Å²) in [4.78, 5) is 4.24. The second kappa shape index (κ2) is 5.30. The zero-order valence-corrected chi connectivity index (χ0v) is 9.72. The number of rotatable bonds is 3. The Balaban J connectivity index is 1.97. The summed E-state index contributed by atoms with van der Waals surface area (Å²) in [5.41, 5.74) is 0.668. The van der Waals surface area contributed by atoms with Gasteiger partial charge in [0, 0.05) is 6.07 Å². The van der Waals surface area contributed by atoms with Gasteiger partial charge in [0.05, 0.1) is 12.3 Å². The highest BCUT2D eigenvalue weighted by atomic mass is 16.5. The molecule has 3 nitrogen and oxygen atoms in total. The lowest BCUT2D eigenvalue weighted by molar-refractivity contribution is 0.123. The molecule has 3 heteroatoms. The van der Waals surface area contributed by atoms with Gasteiger partial charge in [-0.15, -0.1) is 0 Å². The fourth-order valence-electron chi connectivity index (χ4n) is 2.27. The van der Waals surface area contributed by atoms with E-state index < -0.39 is 0 Å². The number of aromatic nitrogens is 1. The van der Waals surface area contributed by atoms with Gasteiger partial charge >= 0.3 is 0 Å². The Kier molecular flexibility index (Phi) is 3.78. The summed E-state index contributed by atoms with van der Waals surface area (Å²) in [5.74, 6) is 1.39.